The van der Waals surface area contributed by atoms with Crippen molar-refractivity contribution in [1.29, 1.82) is 0 Å². The van der Waals surface area contributed by atoms with Gasteiger partial charge in [0.2, 0.25) is 0 Å². The molecule has 0 saturated heterocycles. The summed E-state index contributed by atoms with van der Waals surface area (Å²) in [7, 11) is 0. The summed E-state index contributed by atoms with van der Waals surface area (Å²) < 4.78 is 1.01. The van der Waals surface area contributed by atoms with Crippen molar-refractivity contribution in [1.82, 2.24) is 4.90 Å². The third-order valence-corrected chi connectivity index (χ3v) is 4.30. The van der Waals surface area contributed by atoms with Crippen molar-refractivity contribution in [3.05, 3.63) is 62.7 Å². The summed E-state index contributed by atoms with van der Waals surface area (Å²) in [5, 5.41) is 2.79. The quantitative estimate of drug-likeness (QED) is 0.613. The third kappa shape index (κ3) is 2.86. The van der Waals surface area contributed by atoms with Crippen LogP contribution >= 0.6 is 22.6 Å². The second kappa shape index (κ2) is 6.11. The fourth-order valence-corrected chi connectivity index (χ4v) is 3.03. The highest BCUT2D eigenvalue weighted by Crippen LogP contribution is 2.24. The average Bonchev–Trinajstić information content (AvgIpc) is 2.78. The minimum absolute atomic E-state index is 0.284. The van der Waals surface area contributed by atoms with Gasteiger partial charge in [-0.2, -0.15) is 0 Å². The molecule has 0 spiro atoms. The van der Waals surface area contributed by atoms with E-state index in [1.54, 1.807) is 19.1 Å². The number of amides is 3. The van der Waals surface area contributed by atoms with Gasteiger partial charge in [-0.3, -0.25) is 19.3 Å². The first-order chi connectivity index (χ1) is 11.0. The molecule has 6 heteroatoms. The van der Waals surface area contributed by atoms with Gasteiger partial charge in [-0.1, -0.05) is 6.07 Å². The Morgan fingerprint density at radius 2 is 1.83 bits per heavy atom. The average molecular weight is 420 g/mol. The summed E-state index contributed by atoms with van der Waals surface area (Å²) in [6, 6.07) is 12.0. The molecule has 23 heavy (non-hydrogen) atoms. The molecule has 1 heterocycles. The number of halogens is 1. The van der Waals surface area contributed by atoms with Gasteiger partial charge in [-0.25, -0.2) is 0 Å². The zero-order valence-corrected chi connectivity index (χ0v) is 14.5. The van der Waals surface area contributed by atoms with Gasteiger partial charge in [-0.15, -0.1) is 0 Å². The molecule has 0 aromatic heterocycles. The number of carbonyl (C=O) groups excluding carboxylic acids is 3. The predicted molar refractivity (Wildman–Crippen MR) is 94.6 cm³/mol. The number of hydrogen-bond acceptors (Lipinski definition) is 3. The van der Waals surface area contributed by atoms with Crippen molar-refractivity contribution >= 4 is 46.0 Å². The fourth-order valence-electron chi connectivity index (χ4n) is 2.49. The standard InChI is InChI=1S/C17H13IN2O3/c1-2-20-16(22)13-7-6-10(8-14(13)17(20)23)15(21)19-12-5-3-4-11(18)9-12/h3-9H,2H2,1H3,(H,19,21). The van der Waals surface area contributed by atoms with Crippen molar-refractivity contribution in [3.8, 4) is 0 Å². The van der Waals surface area contributed by atoms with E-state index in [1.807, 2.05) is 18.2 Å². The zero-order valence-electron chi connectivity index (χ0n) is 12.3. The van der Waals surface area contributed by atoms with E-state index in [-0.39, 0.29) is 23.3 Å². The van der Waals surface area contributed by atoms with Gasteiger partial charge in [0.15, 0.2) is 0 Å². The minimum Gasteiger partial charge on any atom is -0.322 e. The predicted octanol–water partition coefficient (Wildman–Crippen LogP) is 3.16. The van der Waals surface area contributed by atoms with E-state index >= 15 is 0 Å². The van der Waals surface area contributed by atoms with Gasteiger partial charge in [0.25, 0.3) is 17.7 Å². The maximum absolute atomic E-state index is 12.3. The molecule has 1 N–H and O–H groups in total. The molecule has 1 aliphatic rings. The van der Waals surface area contributed by atoms with E-state index in [4.69, 9.17) is 0 Å². The van der Waals surface area contributed by atoms with Crippen molar-refractivity contribution in [2.45, 2.75) is 6.92 Å². The summed E-state index contributed by atoms with van der Waals surface area (Å²) in [6.07, 6.45) is 0. The Labute approximate surface area is 146 Å². The first-order valence-electron chi connectivity index (χ1n) is 7.08. The summed E-state index contributed by atoms with van der Waals surface area (Å²) in [5.74, 6) is -0.974. The summed E-state index contributed by atoms with van der Waals surface area (Å²) in [5.41, 5.74) is 1.66. The SMILES string of the molecule is CCN1C(=O)c2ccc(C(=O)Nc3cccc(I)c3)cc2C1=O. The second-order valence-corrected chi connectivity index (χ2v) is 6.33. The molecule has 3 amide bonds. The lowest BCUT2D eigenvalue weighted by atomic mass is 10.1. The Morgan fingerprint density at radius 3 is 2.52 bits per heavy atom. The van der Waals surface area contributed by atoms with Gasteiger partial charge in [0.1, 0.15) is 0 Å². The van der Waals surface area contributed by atoms with Crippen LogP contribution in [-0.4, -0.2) is 29.2 Å². The van der Waals surface area contributed by atoms with Gasteiger partial charge >= 0.3 is 0 Å². The Hall–Kier alpha value is -2.22. The lowest BCUT2D eigenvalue weighted by Crippen LogP contribution is -2.29. The Morgan fingerprint density at radius 1 is 1.09 bits per heavy atom. The summed E-state index contributed by atoms with van der Waals surface area (Å²) >= 11 is 2.16. The van der Waals surface area contributed by atoms with Crippen molar-refractivity contribution in [2.75, 3.05) is 11.9 Å². The molecule has 3 rings (SSSR count). The molecule has 0 aliphatic carbocycles. The Bertz CT molecular complexity index is 832. The zero-order chi connectivity index (χ0) is 16.6. The second-order valence-electron chi connectivity index (χ2n) is 5.08. The van der Waals surface area contributed by atoms with Crippen LogP contribution in [0.25, 0.3) is 0 Å². The molecule has 0 bridgehead atoms. The Kier molecular flexibility index (Phi) is 4.16. The van der Waals surface area contributed by atoms with Crippen LogP contribution in [0.3, 0.4) is 0 Å². The van der Waals surface area contributed by atoms with Crippen molar-refractivity contribution in [2.24, 2.45) is 0 Å². The number of nitrogens with zero attached hydrogens (tertiary/aromatic N) is 1. The van der Waals surface area contributed by atoms with Crippen LogP contribution in [0.15, 0.2) is 42.5 Å². The number of imide groups is 1. The first kappa shape index (κ1) is 15.7. The molecule has 1 aliphatic heterocycles. The van der Waals surface area contributed by atoms with Crippen LogP contribution in [0.4, 0.5) is 5.69 Å². The molecule has 2 aromatic carbocycles. The third-order valence-electron chi connectivity index (χ3n) is 3.63. The molecule has 116 valence electrons. The van der Waals surface area contributed by atoms with Crippen LogP contribution in [0.5, 0.6) is 0 Å². The van der Waals surface area contributed by atoms with Gasteiger partial charge in [-0.05, 0) is 65.9 Å². The summed E-state index contributed by atoms with van der Waals surface area (Å²) in [4.78, 5) is 37.8. The molecule has 0 radical (unpaired) electrons. The van der Waals surface area contributed by atoms with Crippen LogP contribution in [0, 0.1) is 3.57 Å². The lowest BCUT2D eigenvalue weighted by molar-refractivity contribution is 0.0662. The van der Waals surface area contributed by atoms with Crippen molar-refractivity contribution < 1.29 is 14.4 Å². The van der Waals surface area contributed by atoms with Gasteiger partial charge in [0.05, 0.1) is 11.1 Å². The van der Waals surface area contributed by atoms with Crippen molar-refractivity contribution in [3.63, 3.8) is 0 Å². The minimum atomic E-state index is -0.351. The fraction of sp³-hybridized carbons (Fsp3) is 0.118. The topological polar surface area (TPSA) is 66.5 Å². The number of carbonyl (C=O) groups is 3. The van der Waals surface area contributed by atoms with Crippen LogP contribution < -0.4 is 5.32 Å². The molecular weight excluding hydrogens is 407 g/mol. The highest BCUT2D eigenvalue weighted by atomic mass is 127. The van der Waals surface area contributed by atoms with E-state index in [2.05, 4.69) is 27.9 Å². The molecule has 0 saturated carbocycles. The highest BCUT2D eigenvalue weighted by Gasteiger charge is 2.34. The van der Waals surface area contributed by atoms with Gasteiger partial charge < -0.3 is 5.32 Å². The Balaban J connectivity index is 1.88. The largest absolute Gasteiger partial charge is 0.322 e. The molecule has 5 nitrogen and oxygen atoms in total. The number of nitrogens with one attached hydrogen (secondary N) is 1. The molecule has 0 atom stereocenters. The van der Waals surface area contributed by atoms with Crippen LogP contribution in [0.1, 0.15) is 38.0 Å². The molecule has 0 unspecified atom stereocenters. The van der Waals surface area contributed by atoms with E-state index in [1.165, 1.54) is 17.0 Å². The van der Waals surface area contributed by atoms with Crippen LogP contribution in [-0.2, 0) is 0 Å². The maximum atomic E-state index is 12.3. The maximum Gasteiger partial charge on any atom is 0.261 e. The lowest BCUT2D eigenvalue weighted by Gasteiger charge is -2.08. The molecule has 0 fully saturated rings. The van der Waals surface area contributed by atoms with E-state index in [0.717, 1.165) is 3.57 Å². The summed E-state index contributed by atoms with van der Waals surface area (Å²) in [6.45, 7) is 2.06. The number of hydrogen-bond donors (Lipinski definition) is 1. The monoisotopic (exact) mass is 420 g/mol. The number of rotatable bonds is 3. The highest BCUT2D eigenvalue weighted by molar-refractivity contribution is 14.1. The normalized spacial score (nSPS) is 13.2. The number of anilines is 1. The molecule has 2 aromatic rings. The first-order valence-corrected chi connectivity index (χ1v) is 8.16. The van der Waals surface area contributed by atoms with E-state index in [0.29, 0.717) is 23.4 Å². The van der Waals surface area contributed by atoms with E-state index < -0.39 is 0 Å². The molecular formula is C17H13IN2O3. The smallest absolute Gasteiger partial charge is 0.261 e. The number of fused-ring (bicyclic) bond motifs is 1. The van der Waals surface area contributed by atoms with Crippen LogP contribution in [0.2, 0.25) is 0 Å². The van der Waals surface area contributed by atoms with Gasteiger partial charge in [0, 0.05) is 21.4 Å². The van der Waals surface area contributed by atoms with E-state index in [9.17, 15) is 14.4 Å². The number of benzene rings is 2.